The Labute approximate surface area is 401 Å². The number of thiol groups is 1. The third-order valence-corrected chi connectivity index (χ3v) is 17.7. The summed E-state index contributed by atoms with van der Waals surface area (Å²) in [5.41, 5.74) is 16.3. The molecule has 11 rings (SSSR count). The van der Waals surface area contributed by atoms with Crippen molar-refractivity contribution in [1.29, 1.82) is 0 Å². The number of likely N-dealkylation sites (tertiary alicyclic amines) is 2. The van der Waals surface area contributed by atoms with Crippen molar-refractivity contribution in [3.05, 3.63) is 65.1 Å². The maximum atomic E-state index is 14.9. The van der Waals surface area contributed by atoms with Crippen molar-refractivity contribution in [3.63, 3.8) is 0 Å². The maximum Gasteiger partial charge on any atom is 0.273 e. The number of nitrogens with one attached hydrogen (secondary N) is 3. The predicted octanol–water partition coefficient (Wildman–Crippen LogP) is 8.59. The third kappa shape index (κ3) is 8.22. The molecule has 5 unspecified atom stereocenters. The van der Waals surface area contributed by atoms with Crippen LogP contribution in [-0.2, 0) is 22.5 Å². The van der Waals surface area contributed by atoms with E-state index >= 15 is 0 Å². The number of hydrogen-bond acceptors (Lipinski definition) is 13. The Morgan fingerprint density at radius 2 is 1.70 bits per heavy atom. The number of amides is 1. The zero-order valence-corrected chi connectivity index (χ0v) is 41.1. The second-order valence-electron chi connectivity index (χ2n) is 22.7. The molecule has 15 heteroatoms. The van der Waals surface area contributed by atoms with E-state index in [0.29, 0.717) is 66.6 Å². The molecule has 4 aromatic rings. The highest BCUT2D eigenvalue weighted by molar-refractivity contribution is 7.80. The Balaban J connectivity index is 0.856. The molecular formula is C52H69N11O3S. The molecule has 2 saturated heterocycles. The lowest BCUT2D eigenvalue weighted by atomic mass is 9.55. The fraction of sp³-hybridized carbons (Fsp3) is 0.615. The van der Waals surface area contributed by atoms with Crippen molar-refractivity contribution in [2.75, 3.05) is 61.6 Å². The molecule has 2 bridgehead atoms. The lowest BCUT2D eigenvalue weighted by molar-refractivity contribution is -0.170. The van der Waals surface area contributed by atoms with Crippen LogP contribution in [0.25, 0.3) is 11.1 Å². The van der Waals surface area contributed by atoms with E-state index in [1.165, 1.54) is 51.6 Å². The summed E-state index contributed by atoms with van der Waals surface area (Å²) in [4.78, 5) is 39.5. The monoisotopic (exact) mass is 928 g/mol. The lowest BCUT2D eigenvalue weighted by Gasteiger charge is -2.59. The number of fused-ring (bicyclic) bond motifs is 2. The van der Waals surface area contributed by atoms with E-state index in [2.05, 4.69) is 82.4 Å². The molecule has 1 amide bonds. The molecule has 356 valence electrons. The first-order valence-electron chi connectivity index (χ1n) is 25.1. The number of ketones is 1. The number of anilines is 4. The molecule has 5 atom stereocenters. The number of nitrogens with zero attached hydrogens (tertiary/aromatic N) is 8. The Morgan fingerprint density at radius 1 is 0.896 bits per heavy atom. The second-order valence-corrected chi connectivity index (χ2v) is 23.1. The van der Waals surface area contributed by atoms with Gasteiger partial charge in [0.2, 0.25) is 0 Å². The van der Waals surface area contributed by atoms with E-state index in [1.807, 2.05) is 41.4 Å². The van der Waals surface area contributed by atoms with Gasteiger partial charge in [0.05, 0.1) is 24.1 Å². The van der Waals surface area contributed by atoms with Crippen LogP contribution in [0.3, 0.4) is 0 Å². The van der Waals surface area contributed by atoms with E-state index in [1.54, 1.807) is 6.92 Å². The Kier molecular flexibility index (Phi) is 11.5. The van der Waals surface area contributed by atoms with Crippen LogP contribution in [0.1, 0.15) is 119 Å². The van der Waals surface area contributed by atoms with Crippen LogP contribution in [0.2, 0.25) is 0 Å². The highest BCUT2D eigenvalue weighted by Crippen LogP contribution is 2.73. The van der Waals surface area contributed by atoms with Gasteiger partial charge in [0.15, 0.2) is 11.6 Å². The number of ether oxygens (including phenoxy) is 1. The van der Waals surface area contributed by atoms with Gasteiger partial charge in [0.1, 0.15) is 17.3 Å². The van der Waals surface area contributed by atoms with Gasteiger partial charge in [0, 0.05) is 77.4 Å². The first kappa shape index (κ1) is 44.9. The van der Waals surface area contributed by atoms with Gasteiger partial charge in [-0.1, -0.05) is 26.0 Å². The summed E-state index contributed by atoms with van der Waals surface area (Å²) in [6.07, 6.45) is 15.0. The topological polar surface area (TPSA) is 146 Å². The van der Waals surface area contributed by atoms with Crippen molar-refractivity contribution in [2.45, 2.75) is 129 Å². The van der Waals surface area contributed by atoms with Crippen molar-refractivity contribution >= 4 is 47.5 Å². The van der Waals surface area contributed by atoms with Gasteiger partial charge in [-0.15, -0.1) is 28.4 Å². The minimum absolute atomic E-state index is 0.0569. The number of benzene rings is 1. The number of carbonyl (C=O) groups excluding carboxylic acids is 2. The minimum Gasteiger partial charge on any atom is -0.373 e. The zero-order valence-electron chi connectivity index (χ0n) is 40.2. The highest BCUT2D eigenvalue weighted by atomic mass is 32.1. The van der Waals surface area contributed by atoms with Gasteiger partial charge in [-0.2, -0.15) is 5.10 Å². The standard InChI is InChI=1S/C52H69N11O3S/c1-33(64)21-36-23-51(24-36)31-61(32-51)48(65)45-39(14-15-44(54-45)62-18-10-11-38-34(2)46(56-58-47(38)62)57-59-55-41-12-6-7-13-42(41)67)40-27-53-63(35(40)3)28-37-22-50(5)29-49(4)26-43(50)52(25-37,30-49)66-20-19-60-16-8-9-17-60/h6-7,12-15,27,36-37,43,55,59,67H,8-11,16-26,28-32H2,1-5H3,(H,56,57). The quantitative estimate of drug-likeness (QED) is 0.0670. The van der Waals surface area contributed by atoms with E-state index in [-0.39, 0.29) is 28.1 Å². The Bertz CT molecular complexity index is 2560. The molecule has 3 aliphatic heterocycles. The fourth-order valence-electron chi connectivity index (χ4n) is 14.9. The van der Waals surface area contributed by atoms with Crippen molar-refractivity contribution in [2.24, 2.45) is 34.0 Å². The predicted molar refractivity (Wildman–Crippen MR) is 263 cm³/mol. The molecule has 1 aromatic carbocycles. The number of para-hydroxylation sites is 1. The number of Topliss-reactive ketones (excluding diaryl/α,β-unsaturated/α-hetero) is 1. The molecule has 1 spiro atoms. The summed E-state index contributed by atoms with van der Waals surface area (Å²) in [5, 5.41) is 14.5. The molecule has 0 radical (unpaired) electrons. The molecule has 67 heavy (non-hydrogen) atoms. The Morgan fingerprint density at radius 3 is 2.48 bits per heavy atom. The summed E-state index contributed by atoms with van der Waals surface area (Å²) >= 11 is 4.54. The van der Waals surface area contributed by atoms with E-state index in [9.17, 15) is 9.59 Å². The van der Waals surface area contributed by atoms with Gasteiger partial charge < -0.3 is 29.7 Å². The average Bonchev–Trinajstić information content (AvgIpc) is 4.04. The van der Waals surface area contributed by atoms with Crippen LogP contribution in [0.5, 0.6) is 0 Å². The molecule has 14 nitrogen and oxygen atoms in total. The first-order chi connectivity index (χ1) is 32.2. The summed E-state index contributed by atoms with van der Waals surface area (Å²) in [7, 11) is 0. The molecule has 7 aliphatic rings. The van der Waals surface area contributed by atoms with Crippen molar-refractivity contribution < 1.29 is 14.3 Å². The largest absolute Gasteiger partial charge is 0.373 e. The smallest absolute Gasteiger partial charge is 0.273 e. The van der Waals surface area contributed by atoms with Gasteiger partial charge in [0.25, 0.3) is 5.91 Å². The highest BCUT2D eigenvalue weighted by Gasteiger charge is 2.68. The maximum absolute atomic E-state index is 14.9. The van der Waals surface area contributed by atoms with Gasteiger partial charge in [-0.25, -0.2) is 4.98 Å². The van der Waals surface area contributed by atoms with Crippen molar-refractivity contribution in [3.8, 4) is 11.1 Å². The van der Waals surface area contributed by atoms with Gasteiger partial charge >= 0.3 is 0 Å². The van der Waals surface area contributed by atoms with E-state index < -0.39 is 0 Å². The number of rotatable bonds is 15. The lowest BCUT2D eigenvalue weighted by Crippen LogP contribution is -2.63. The van der Waals surface area contributed by atoms with Crippen LogP contribution in [0.15, 0.2) is 47.5 Å². The summed E-state index contributed by atoms with van der Waals surface area (Å²) in [5.74, 6) is 3.75. The second kappa shape index (κ2) is 17.1. The van der Waals surface area contributed by atoms with Crippen molar-refractivity contribution in [1.82, 2.24) is 40.3 Å². The molecule has 6 heterocycles. The summed E-state index contributed by atoms with van der Waals surface area (Å²) in [6, 6.07) is 11.9. The summed E-state index contributed by atoms with van der Waals surface area (Å²) < 4.78 is 9.36. The Hall–Kier alpha value is -4.57. The van der Waals surface area contributed by atoms with Crippen LogP contribution in [-0.4, -0.2) is 97.9 Å². The SMILES string of the molecule is CC(=O)CC1CC2(C1)CN(C(=O)c1nc(N3CCCc4c3nnc(NNNc3ccccc3S)c4C)ccc1-c1cnn(CC3CC4(C)CC5(C)CC4C(OCCN4CCCC4)(C3)C5)c1C)C2. The van der Waals surface area contributed by atoms with E-state index in [4.69, 9.17) is 19.9 Å². The molecule has 4 aliphatic carbocycles. The number of hydrogen-bond donors (Lipinski definition) is 4. The first-order valence-corrected chi connectivity index (χ1v) is 25.5. The van der Waals surface area contributed by atoms with E-state index in [0.717, 1.165) is 96.1 Å². The normalized spacial score (nSPS) is 28.4. The number of hydrazine groups is 2. The van der Waals surface area contributed by atoms with Crippen LogP contribution < -0.4 is 21.3 Å². The molecule has 3 N–H and O–H groups in total. The van der Waals surface area contributed by atoms with Gasteiger partial charge in [-0.05, 0) is 157 Å². The fourth-order valence-corrected chi connectivity index (χ4v) is 15.1. The minimum atomic E-state index is -0.0596. The van der Waals surface area contributed by atoms with Crippen LogP contribution in [0, 0.1) is 47.8 Å². The average molecular weight is 928 g/mol. The number of aromatic nitrogens is 5. The zero-order chi connectivity index (χ0) is 46.3. The third-order valence-electron chi connectivity index (χ3n) is 17.3. The molecular weight excluding hydrogens is 859 g/mol. The van der Waals surface area contributed by atoms with Gasteiger partial charge in [-0.3, -0.25) is 14.9 Å². The summed E-state index contributed by atoms with van der Waals surface area (Å²) in [6.45, 7) is 18.2. The molecule has 6 fully saturated rings. The molecule has 3 aromatic heterocycles. The number of pyridine rings is 1. The number of carbonyl (C=O) groups is 2. The molecule has 4 saturated carbocycles. The van der Waals surface area contributed by atoms with Crippen LogP contribution >= 0.6 is 12.6 Å². The van der Waals surface area contributed by atoms with Crippen LogP contribution in [0.4, 0.5) is 23.1 Å².